The average Bonchev–Trinajstić information content (AvgIpc) is 3.04. The minimum absolute atomic E-state index is 0.0985. The number of nitrogens with zero attached hydrogens (tertiary/aromatic N) is 1. The average molecular weight is 696 g/mol. The van der Waals surface area contributed by atoms with E-state index in [1.54, 1.807) is 30.3 Å². The normalized spacial score (nSPS) is 13.5. The number of Topliss-reactive ketones (excluding diaryl/α,β-unsaturated/α-hetero) is 1. The van der Waals surface area contributed by atoms with Crippen molar-refractivity contribution < 1.29 is 45.9 Å². The van der Waals surface area contributed by atoms with Crippen LogP contribution < -0.4 is 21.3 Å². The highest BCUT2D eigenvalue weighted by Crippen LogP contribution is 2.23. The molecule has 10 nitrogen and oxygen atoms in total. The van der Waals surface area contributed by atoms with Gasteiger partial charge in [0.2, 0.25) is 17.6 Å². The van der Waals surface area contributed by atoms with Gasteiger partial charge in [0.15, 0.2) is 0 Å². The number of halogens is 6. The van der Waals surface area contributed by atoms with Crippen LogP contribution in [0, 0.1) is 5.92 Å². The maximum Gasteiger partial charge on any atom is 0.405 e. The van der Waals surface area contributed by atoms with Crippen molar-refractivity contribution >= 4 is 41.0 Å². The van der Waals surface area contributed by atoms with Crippen molar-refractivity contribution in [2.45, 2.75) is 50.5 Å². The second-order valence-corrected chi connectivity index (χ2v) is 11.4. The van der Waals surface area contributed by atoms with Crippen molar-refractivity contribution in [3.8, 4) is 0 Å². The molecule has 4 amide bonds. The molecule has 0 bridgehead atoms. The molecule has 0 spiro atoms. The van der Waals surface area contributed by atoms with Gasteiger partial charge in [0.1, 0.15) is 18.6 Å². The van der Waals surface area contributed by atoms with Crippen molar-refractivity contribution in [1.29, 1.82) is 0 Å². The zero-order valence-corrected chi connectivity index (χ0v) is 26.2. The third-order valence-corrected chi connectivity index (χ3v) is 7.10. The summed E-state index contributed by atoms with van der Waals surface area (Å²) in [7, 11) is 0. The Kier molecular flexibility index (Phi) is 12.7. The minimum atomic E-state index is -5.02. The molecule has 1 aromatic heterocycles. The molecular weight excluding hydrogens is 665 g/mol. The van der Waals surface area contributed by atoms with E-state index in [0.29, 0.717) is 10.6 Å². The Morgan fingerprint density at radius 1 is 0.812 bits per heavy atom. The summed E-state index contributed by atoms with van der Waals surface area (Å²) in [6, 6.07) is 11.7. The van der Waals surface area contributed by atoms with E-state index < -0.39 is 72.1 Å². The molecule has 16 heteroatoms. The lowest BCUT2D eigenvalue weighted by molar-refractivity contribution is -0.165. The first-order valence-corrected chi connectivity index (χ1v) is 14.8. The van der Waals surface area contributed by atoms with Gasteiger partial charge in [0.05, 0.1) is 6.04 Å². The predicted octanol–water partition coefficient (Wildman–Crippen LogP) is 3.96. The van der Waals surface area contributed by atoms with E-state index in [1.807, 2.05) is 0 Å². The molecule has 0 radical (unpaired) electrons. The lowest BCUT2D eigenvalue weighted by atomic mass is 9.94. The molecule has 0 aliphatic heterocycles. The number of hydrogen-bond acceptors (Lipinski definition) is 6. The van der Waals surface area contributed by atoms with Gasteiger partial charge in [0, 0.05) is 29.4 Å². The van der Waals surface area contributed by atoms with Crippen LogP contribution >= 0.6 is 11.6 Å². The van der Waals surface area contributed by atoms with E-state index in [9.17, 15) is 45.9 Å². The van der Waals surface area contributed by atoms with Gasteiger partial charge in [0.25, 0.3) is 11.8 Å². The van der Waals surface area contributed by atoms with Gasteiger partial charge in [-0.05, 0) is 41.3 Å². The number of rotatable bonds is 14. The van der Waals surface area contributed by atoms with Gasteiger partial charge in [-0.2, -0.15) is 22.0 Å². The van der Waals surface area contributed by atoms with Gasteiger partial charge < -0.3 is 21.3 Å². The topological polar surface area (TPSA) is 146 Å². The molecule has 1 heterocycles. The summed E-state index contributed by atoms with van der Waals surface area (Å²) in [5.74, 6) is -13.4. The van der Waals surface area contributed by atoms with Gasteiger partial charge >= 0.3 is 12.1 Å². The molecule has 256 valence electrons. The number of pyridine rings is 1. The molecule has 0 saturated heterocycles. The second-order valence-electron chi connectivity index (χ2n) is 10.9. The molecular formula is C32H31ClF5N5O5. The summed E-state index contributed by atoms with van der Waals surface area (Å²) in [6.07, 6.45) is -2.39. The van der Waals surface area contributed by atoms with Crippen molar-refractivity contribution in [1.82, 2.24) is 26.3 Å². The van der Waals surface area contributed by atoms with Crippen LogP contribution in [0.2, 0.25) is 5.02 Å². The van der Waals surface area contributed by atoms with Crippen molar-refractivity contribution in [3.05, 3.63) is 101 Å². The van der Waals surface area contributed by atoms with E-state index in [4.69, 9.17) is 11.6 Å². The largest absolute Gasteiger partial charge is 0.405 e. The summed E-state index contributed by atoms with van der Waals surface area (Å²) in [6.45, 7) is 0.417. The molecule has 3 atom stereocenters. The lowest BCUT2D eigenvalue weighted by Gasteiger charge is -2.28. The summed E-state index contributed by atoms with van der Waals surface area (Å²) in [5, 5.41) is 8.54. The minimum Gasteiger partial charge on any atom is -0.344 e. The van der Waals surface area contributed by atoms with E-state index >= 15 is 0 Å². The second kappa shape index (κ2) is 16.3. The quantitative estimate of drug-likeness (QED) is 0.148. The molecule has 0 saturated carbocycles. The maximum atomic E-state index is 14.8. The third-order valence-electron chi connectivity index (χ3n) is 6.87. The van der Waals surface area contributed by atoms with E-state index in [0.717, 1.165) is 5.32 Å². The Bertz CT molecular complexity index is 1610. The maximum absolute atomic E-state index is 14.8. The summed E-state index contributed by atoms with van der Waals surface area (Å²) >= 11 is 6.10. The molecule has 2 aromatic carbocycles. The van der Waals surface area contributed by atoms with E-state index in [2.05, 4.69) is 20.9 Å². The van der Waals surface area contributed by atoms with Gasteiger partial charge in [-0.3, -0.25) is 29.0 Å². The molecule has 0 aliphatic carbocycles. The van der Waals surface area contributed by atoms with Gasteiger partial charge in [-0.25, -0.2) is 0 Å². The van der Waals surface area contributed by atoms with Crippen LogP contribution in [-0.2, 0) is 25.6 Å². The smallest absolute Gasteiger partial charge is 0.344 e. The number of benzene rings is 2. The fourth-order valence-electron chi connectivity index (χ4n) is 4.41. The number of carbonyl (C=O) groups excluding carboxylic acids is 5. The first-order valence-electron chi connectivity index (χ1n) is 14.4. The van der Waals surface area contributed by atoms with Crippen molar-refractivity contribution in [2.24, 2.45) is 5.92 Å². The van der Waals surface area contributed by atoms with Crippen LogP contribution in [0.25, 0.3) is 0 Å². The van der Waals surface area contributed by atoms with Crippen LogP contribution in [0.4, 0.5) is 22.0 Å². The highest BCUT2D eigenvalue weighted by Gasteiger charge is 2.52. The number of aromatic nitrogens is 1. The van der Waals surface area contributed by atoms with Crippen LogP contribution in [0.3, 0.4) is 0 Å². The number of ketones is 1. The Balaban J connectivity index is 1.90. The molecule has 3 rings (SSSR count). The molecule has 0 unspecified atom stereocenters. The number of hydrogen-bond donors (Lipinski definition) is 4. The molecule has 48 heavy (non-hydrogen) atoms. The number of carbonyl (C=O) groups is 5. The van der Waals surface area contributed by atoms with Crippen molar-refractivity contribution in [3.63, 3.8) is 0 Å². The first kappa shape index (κ1) is 37.5. The monoisotopic (exact) mass is 695 g/mol. The first-order chi connectivity index (χ1) is 22.5. The fourth-order valence-corrected chi connectivity index (χ4v) is 4.63. The van der Waals surface area contributed by atoms with Gasteiger partial charge in [-0.1, -0.05) is 67.9 Å². The number of nitrogens with one attached hydrogen (secondary N) is 4. The van der Waals surface area contributed by atoms with E-state index in [-0.39, 0.29) is 17.5 Å². The van der Waals surface area contributed by atoms with E-state index in [1.165, 1.54) is 62.6 Å². The number of alkyl halides is 5. The highest BCUT2D eigenvalue weighted by atomic mass is 35.5. The SMILES string of the molecule is CC(C)[C@H](NC(=O)[C@@H](NC(=O)[C@H](Cc1cccc(Cl)c1)NC(=O)c1ccncc1)c1ccccc1)C(=O)C(F)(F)C(=O)NCC(F)(F)F. The third kappa shape index (κ3) is 10.6. The van der Waals surface area contributed by atoms with Crippen LogP contribution in [0.5, 0.6) is 0 Å². The zero-order chi connectivity index (χ0) is 35.6. The molecule has 0 fully saturated rings. The summed E-state index contributed by atoms with van der Waals surface area (Å²) in [4.78, 5) is 69.0. The highest BCUT2D eigenvalue weighted by molar-refractivity contribution is 6.30. The Morgan fingerprint density at radius 2 is 1.46 bits per heavy atom. The van der Waals surface area contributed by atoms with Crippen LogP contribution in [-0.4, -0.2) is 65.1 Å². The van der Waals surface area contributed by atoms with Gasteiger partial charge in [-0.15, -0.1) is 0 Å². The zero-order valence-electron chi connectivity index (χ0n) is 25.5. The Hall–Kier alpha value is -4.92. The molecule has 3 aromatic rings. The lowest BCUT2D eigenvalue weighted by Crippen LogP contribution is -2.58. The fraction of sp³-hybridized carbons (Fsp3) is 0.312. The molecule has 4 N–H and O–H groups in total. The standard InChI is InChI=1S/C32H31ClF5N5O5/c1-18(2)24(26(44)32(37,38)30(48)40-17-31(34,35)36)42-29(47)25(20-8-4-3-5-9-20)43-28(46)23(16-19-7-6-10-22(33)15-19)41-27(45)21-11-13-39-14-12-21/h3-15,18,23-25H,16-17H2,1-2H3,(H,40,48)(H,41,45)(H,42,47)(H,43,46)/t23-,24-,25-/m0/s1. The van der Waals surface area contributed by atoms with Crippen LogP contribution in [0.15, 0.2) is 79.1 Å². The molecule has 0 aliphatic rings. The number of amides is 4. The Morgan fingerprint density at radius 3 is 2.04 bits per heavy atom. The Labute approximate surface area is 276 Å². The van der Waals surface area contributed by atoms with Crippen molar-refractivity contribution in [2.75, 3.05) is 6.54 Å². The summed E-state index contributed by atoms with van der Waals surface area (Å²) in [5.41, 5.74) is 0.856. The van der Waals surface area contributed by atoms with Crippen LogP contribution in [0.1, 0.15) is 41.4 Å². The predicted molar refractivity (Wildman–Crippen MR) is 164 cm³/mol. The summed E-state index contributed by atoms with van der Waals surface area (Å²) < 4.78 is 67.1.